The molecule has 1 saturated heterocycles. The van der Waals surface area contributed by atoms with Crippen molar-refractivity contribution < 1.29 is 4.74 Å². The Kier molecular flexibility index (Phi) is 7.01. The lowest BCUT2D eigenvalue weighted by molar-refractivity contribution is 0.0559. The number of nitrogens with two attached hydrogens (primary N) is 1. The van der Waals surface area contributed by atoms with Crippen LogP contribution in [0.15, 0.2) is 0 Å². The maximum absolute atomic E-state index is 5.68. The Morgan fingerprint density at radius 1 is 1.44 bits per heavy atom. The molecule has 1 aliphatic rings. The summed E-state index contributed by atoms with van der Waals surface area (Å²) < 4.78 is 5.57. The molecule has 3 heteroatoms. The Labute approximate surface area is 100 Å². The molecule has 3 nitrogen and oxygen atoms in total. The minimum absolute atomic E-state index is 0.259. The molecule has 2 unspecified atom stereocenters. The maximum Gasteiger partial charge on any atom is 0.0709 e. The summed E-state index contributed by atoms with van der Waals surface area (Å²) in [6, 6.07) is 0. The Morgan fingerprint density at radius 3 is 2.88 bits per heavy atom. The molecular formula is C13H28N2O. The lowest BCUT2D eigenvalue weighted by atomic mass is 10.0. The standard InChI is InChI=1S/C13H28N2O/c1-3-5-12-6-8-15(11-12)9-7-13(10-14)16-4-2/h12-13H,3-11,14H2,1-2H3. The van der Waals surface area contributed by atoms with Gasteiger partial charge in [0, 0.05) is 26.2 Å². The molecule has 0 aromatic carbocycles. The van der Waals surface area contributed by atoms with Crippen LogP contribution in [0.5, 0.6) is 0 Å². The second-order valence-electron chi connectivity index (χ2n) is 4.85. The molecule has 16 heavy (non-hydrogen) atoms. The maximum atomic E-state index is 5.68. The molecule has 2 atom stereocenters. The van der Waals surface area contributed by atoms with Crippen LogP contribution in [0.1, 0.15) is 39.5 Å². The molecule has 0 saturated carbocycles. The van der Waals surface area contributed by atoms with Gasteiger partial charge in [0.1, 0.15) is 0 Å². The van der Waals surface area contributed by atoms with Gasteiger partial charge in [-0.3, -0.25) is 0 Å². The van der Waals surface area contributed by atoms with E-state index in [1.165, 1.54) is 32.4 Å². The summed E-state index contributed by atoms with van der Waals surface area (Å²) in [7, 11) is 0. The van der Waals surface area contributed by atoms with Crippen molar-refractivity contribution in [3.63, 3.8) is 0 Å². The lowest BCUT2D eigenvalue weighted by Gasteiger charge is -2.20. The zero-order valence-corrected chi connectivity index (χ0v) is 11.0. The predicted octanol–water partition coefficient (Wildman–Crippen LogP) is 1.86. The van der Waals surface area contributed by atoms with Gasteiger partial charge < -0.3 is 15.4 Å². The molecule has 0 bridgehead atoms. The van der Waals surface area contributed by atoms with E-state index in [2.05, 4.69) is 11.8 Å². The highest BCUT2D eigenvalue weighted by atomic mass is 16.5. The highest BCUT2D eigenvalue weighted by Crippen LogP contribution is 2.21. The number of ether oxygens (including phenoxy) is 1. The molecule has 1 rings (SSSR count). The smallest absolute Gasteiger partial charge is 0.0709 e. The first-order chi connectivity index (χ1) is 7.80. The van der Waals surface area contributed by atoms with Gasteiger partial charge in [0.25, 0.3) is 0 Å². The average molecular weight is 228 g/mol. The van der Waals surface area contributed by atoms with Crippen LogP contribution in [-0.2, 0) is 4.74 Å². The number of likely N-dealkylation sites (tertiary alicyclic amines) is 1. The number of hydrogen-bond donors (Lipinski definition) is 1. The molecule has 1 heterocycles. The van der Waals surface area contributed by atoms with E-state index in [1.807, 2.05) is 6.92 Å². The van der Waals surface area contributed by atoms with Crippen LogP contribution in [0.3, 0.4) is 0 Å². The fourth-order valence-electron chi connectivity index (χ4n) is 2.59. The summed E-state index contributed by atoms with van der Waals surface area (Å²) in [4.78, 5) is 2.57. The summed E-state index contributed by atoms with van der Waals surface area (Å²) in [5.74, 6) is 0.938. The molecule has 2 N–H and O–H groups in total. The summed E-state index contributed by atoms with van der Waals surface area (Å²) in [6.07, 6.45) is 5.44. The first kappa shape index (κ1) is 13.9. The van der Waals surface area contributed by atoms with Crippen LogP contribution in [0.4, 0.5) is 0 Å². The quantitative estimate of drug-likeness (QED) is 0.689. The number of rotatable bonds is 8. The predicted molar refractivity (Wildman–Crippen MR) is 68.5 cm³/mol. The molecular weight excluding hydrogens is 200 g/mol. The van der Waals surface area contributed by atoms with E-state index in [4.69, 9.17) is 10.5 Å². The molecule has 1 fully saturated rings. The largest absolute Gasteiger partial charge is 0.377 e. The highest BCUT2D eigenvalue weighted by molar-refractivity contribution is 4.76. The van der Waals surface area contributed by atoms with Crippen molar-refractivity contribution in [2.75, 3.05) is 32.8 Å². The molecule has 96 valence electrons. The minimum Gasteiger partial charge on any atom is -0.377 e. The Balaban J connectivity index is 2.13. The van der Waals surface area contributed by atoms with Gasteiger partial charge >= 0.3 is 0 Å². The van der Waals surface area contributed by atoms with Crippen LogP contribution >= 0.6 is 0 Å². The Morgan fingerprint density at radius 2 is 2.25 bits per heavy atom. The third kappa shape index (κ3) is 4.81. The molecule has 1 aliphatic heterocycles. The first-order valence-electron chi connectivity index (χ1n) is 6.84. The molecule has 0 aliphatic carbocycles. The van der Waals surface area contributed by atoms with E-state index < -0.39 is 0 Å². The minimum atomic E-state index is 0.259. The van der Waals surface area contributed by atoms with Crippen molar-refractivity contribution in [3.8, 4) is 0 Å². The second kappa shape index (κ2) is 8.04. The topological polar surface area (TPSA) is 38.5 Å². The monoisotopic (exact) mass is 228 g/mol. The average Bonchev–Trinajstić information content (AvgIpc) is 2.72. The Bertz CT molecular complexity index is 175. The van der Waals surface area contributed by atoms with Gasteiger partial charge in [-0.25, -0.2) is 0 Å². The summed E-state index contributed by atoms with van der Waals surface area (Å²) in [5.41, 5.74) is 5.68. The van der Waals surface area contributed by atoms with E-state index in [0.717, 1.165) is 25.5 Å². The SMILES string of the molecule is CCCC1CCN(CCC(CN)OCC)C1. The van der Waals surface area contributed by atoms with Gasteiger partial charge in [-0.05, 0) is 38.6 Å². The molecule has 0 spiro atoms. The highest BCUT2D eigenvalue weighted by Gasteiger charge is 2.21. The zero-order valence-electron chi connectivity index (χ0n) is 11.0. The van der Waals surface area contributed by atoms with Crippen LogP contribution in [0, 0.1) is 5.92 Å². The first-order valence-corrected chi connectivity index (χ1v) is 6.84. The summed E-state index contributed by atoms with van der Waals surface area (Å²) in [6.45, 7) is 9.46. The Hall–Kier alpha value is -0.120. The van der Waals surface area contributed by atoms with Crippen LogP contribution in [0.25, 0.3) is 0 Å². The van der Waals surface area contributed by atoms with E-state index in [1.54, 1.807) is 0 Å². The van der Waals surface area contributed by atoms with Crippen molar-refractivity contribution in [1.29, 1.82) is 0 Å². The second-order valence-corrected chi connectivity index (χ2v) is 4.85. The van der Waals surface area contributed by atoms with E-state index in [0.29, 0.717) is 6.54 Å². The van der Waals surface area contributed by atoms with Crippen molar-refractivity contribution in [2.24, 2.45) is 11.7 Å². The number of hydrogen-bond acceptors (Lipinski definition) is 3. The van der Waals surface area contributed by atoms with Gasteiger partial charge in [0.15, 0.2) is 0 Å². The van der Waals surface area contributed by atoms with Crippen LogP contribution in [-0.4, -0.2) is 43.8 Å². The third-order valence-corrected chi connectivity index (χ3v) is 3.50. The van der Waals surface area contributed by atoms with Gasteiger partial charge in [0.2, 0.25) is 0 Å². The van der Waals surface area contributed by atoms with E-state index in [9.17, 15) is 0 Å². The van der Waals surface area contributed by atoms with E-state index in [-0.39, 0.29) is 6.10 Å². The van der Waals surface area contributed by atoms with Crippen LogP contribution < -0.4 is 5.73 Å². The fourth-order valence-corrected chi connectivity index (χ4v) is 2.59. The van der Waals surface area contributed by atoms with Crippen molar-refractivity contribution >= 4 is 0 Å². The van der Waals surface area contributed by atoms with Gasteiger partial charge in [-0.1, -0.05) is 13.3 Å². The van der Waals surface area contributed by atoms with Gasteiger partial charge in [-0.15, -0.1) is 0 Å². The zero-order chi connectivity index (χ0) is 11.8. The molecule has 0 aromatic heterocycles. The van der Waals surface area contributed by atoms with Crippen molar-refractivity contribution in [2.45, 2.75) is 45.6 Å². The lowest BCUT2D eigenvalue weighted by Crippen LogP contribution is -2.30. The molecule has 0 amide bonds. The third-order valence-electron chi connectivity index (χ3n) is 3.50. The fraction of sp³-hybridized carbons (Fsp3) is 1.00. The van der Waals surface area contributed by atoms with Crippen molar-refractivity contribution in [3.05, 3.63) is 0 Å². The van der Waals surface area contributed by atoms with Gasteiger partial charge in [-0.2, -0.15) is 0 Å². The van der Waals surface area contributed by atoms with Gasteiger partial charge in [0.05, 0.1) is 6.10 Å². The molecule has 0 radical (unpaired) electrons. The van der Waals surface area contributed by atoms with Crippen LogP contribution in [0.2, 0.25) is 0 Å². The van der Waals surface area contributed by atoms with Crippen molar-refractivity contribution in [1.82, 2.24) is 4.90 Å². The normalized spacial score (nSPS) is 23.8. The van der Waals surface area contributed by atoms with E-state index >= 15 is 0 Å². The molecule has 0 aromatic rings. The number of nitrogens with zero attached hydrogens (tertiary/aromatic N) is 1. The summed E-state index contributed by atoms with van der Waals surface area (Å²) >= 11 is 0. The summed E-state index contributed by atoms with van der Waals surface area (Å²) in [5, 5.41) is 0.